The van der Waals surface area contributed by atoms with Gasteiger partial charge in [0.05, 0.1) is 12.1 Å². The molecule has 0 saturated heterocycles. The van der Waals surface area contributed by atoms with Crippen molar-refractivity contribution in [3.05, 3.63) is 58.9 Å². The fourth-order valence-electron chi connectivity index (χ4n) is 1.78. The molecular formula is C13H14N3O2+. The van der Waals surface area contributed by atoms with Gasteiger partial charge in [0.1, 0.15) is 0 Å². The lowest BCUT2D eigenvalue weighted by molar-refractivity contribution is -0.525. The Hall–Kier alpha value is -2.30. The van der Waals surface area contributed by atoms with E-state index in [0.717, 1.165) is 4.76 Å². The first-order valence-electron chi connectivity index (χ1n) is 5.67. The second kappa shape index (κ2) is 5.35. The van der Waals surface area contributed by atoms with Gasteiger partial charge in [-0.3, -0.25) is 4.98 Å². The Morgan fingerprint density at radius 1 is 1.61 bits per heavy atom. The third-order valence-corrected chi connectivity index (χ3v) is 2.80. The van der Waals surface area contributed by atoms with Crippen LogP contribution in [0.15, 0.2) is 53.6 Å². The van der Waals surface area contributed by atoms with Crippen LogP contribution in [-0.2, 0) is 0 Å². The number of hydrogen-bond donors (Lipinski definition) is 1. The maximum absolute atomic E-state index is 11.9. The monoisotopic (exact) mass is 244 g/mol. The van der Waals surface area contributed by atoms with Gasteiger partial charge in [-0.1, -0.05) is 11.2 Å². The summed E-state index contributed by atoms with van der Waals surface area (Å²) >= 11 is 0. The molecule has 0 saturated carbocycles. The molecule has 2 rings (SSSR count). The van der Waals surface area contributed by atoms with E-state index in [4.69, 9.17) is 5.21 Å². The molecule has 92 valence electrons. The van der Waals surface area contributed by atoms with Crippen molar-refractivity contribution in [1.82, 2.24) is 4.98 Å². The van der Waals surface area contributed by atoms with Gasteiger partial charge < -0.3 is 5.21 Å². The summed E-state index contributed by atoms with van der Waals surface area (Å²) in [4.78, 5) is 15.8. The van der Waals surface area contributed by atoms with E-state index in [1.165, 1.54) is 0 Å². The molecule has 1 aromatic rings. The molecule has 1 unspecified atom stereocenters. The second-order valence-corrected chi connectivity index (χ2v) is 4.07. The van der Waals surface area contributed by atoms with Gasteiger partial charge in [0.25, 0.3) is 0 Å². The van der Waals surface area contributed by atoms with Crippen LogP contribution in [0.4, 0.5) is 0 Å². The molecule has 1 aliphatic heterocycles. The van der Waals surface area contributed by atoms with Gasteiger partial charge in [-0.05, 0) is 18.2 Å². The lowest BCUT2D eigenvalue weighted by atomic mass is 10.1. The summed E-state index contributed by atoms with van der Waals surface area (Å²) in [5.74, 6) is 0. The molecule has 0 amide bonds. The van der Waals surface area contributed by atoms with Crippen LogP contribution >= 0.6 is 0 Å². The van der Waals surface area contributed by atoms with Crippen LogP contribution in [0.2, 0.25) is 0 Å². The third-order valence-electron chi connectivity index (χ3n) is 2.80. The van der Waals surface area contributed by atoms with E-state index in [1.54, 1.807) is 30.6 Å². The highest BCUT2D eigenvalue weighted by molar-refractivity contribution is 6.01. The molecule has 18 heavy (non-hydrogen) atoms. The number of oxime groups is 1. The average molecular weight is 244 g/mol. The zero-order chi connectivity index (χ0) is 13.0. The third kappa shape index (κ3) is 2.51. The van der Waals surface area contributed by atoms with Gasteiger partial charge >= 0.3 is 0 Å². The lowest BCUT2D eigenvalue weighted by Gasteiger charge is -2.07. The number of allylic oxidation sites excluding steroid dienone is 3. The Balaban J connectivity index is 2.21. The smallest absolute Gasteiger partial charge is 0.239 e. The van der Waals surface area contributed by atoms with Crippen LogP contribution in [-0.4, -0.2) is 26.7 Å². The fraction of sp³-hybridized carbons (Fsp3) is 0.231. The van der Waals surface area contributed by atoms with Crippen molar-refractivity contribution in [2.45, 2.75) is 19.4 Å². The highest BCUT2D eigenvalue weighted by Crippen LogP contribution is 2.16. The molecule has 0 radical (unpaired) electrons. The first kappa shape index (κ1) is 12.2. The Labute approximate surface area is 105 Å². The summed E-state index contributed by atoms with van der Waals surface area (Å²) in [6, 6.07) is 3.35. The largest absolute Gasteiger partial charge is 0.411 e. The number of hydrogen-bond acceptors (Lipinski definition) is 4. The van der Waals surface area contributed by atoms with E-state index in [9.17, 15) is 4.91 Å². The number of nitrogens with zero attached hydrogens (tertiary/aromatic N) is 3. The van der Waals surface area contributed by atoms with E-state index in [-0.39, 0.29) is 12.5 Å². The Bertz CT molecular complexity index is 532. The van der Waals surface area contributed by atoms with Crippen molar-refractivity contribution >= 4 is 5.71 Å². The number of aromatic nitrogens is 1. The van der Waals surface area contributed by atoms with Gasteiger partial charge in [-0.25, -0.2) is 0 Å². The van der Waals surface area contributed by atoms with Gasteiger partial charge in [0.15, 0.2) is 0 Å². The zero-order valence-corrected chi connectivity index (χ0v) is 10.0. The molecule has 1 aliphatic rings. The second-order valence-electron chi connectivity index (χ2n) is 4.07. The van der Waals surface area contributed by atoms with E-state index < -0.39 is 0 Å². The molecule has 1 atom stereocenters. The highest BCUT2D eigenvalue weighted by Gasteiger charge is 2.27. The predicted octanol–water partition coefficient (Wildman–Crippen LogP) is 2.27. The molecule has 0 spiro atoms. The van der Waals surface area contributed by atoms with Crippen LogP contribution in [0.5, 0.6) is 0 Å². The SMILES string of the molecule is CC1C=CC=C(C/C(=N/O)c2cccnc2)[N+]1=O. The maximum atomic E-state index is 11.9. The van der Waals surface area contributed by atoms with E-state index in [1.807, 2.05) is 19.1 Å². The predicted molar refractivity (Wildman–Crippen MR) is 67.5 cm³/mol. The first-order chi connectivity index (χ1) is 8.72. The minimum Gasteiger partial charge on any atom is -0.411 e. The molecule has 5 heteroatoms. The zero-order valence-electron chi connectivity index (χ0n) is 10.0. The van der Waals surface area contributed by atoms with Crippen LogP contribution in [0.1, 0.15) is 18.9 Å². The maximum Gasteiger partial charge on any atom is 0.239 e. The number of pyridine rings is 1. The number of nitroso groups, excluding NO2 is 1. The van der Waals surface area contributed by atoms with Crippen LogP contribution in [0.25, 0.3) is 0 Å². The van der Waals surface area contributed by atoms with Gasteiger partial charge in [-0.2, -0.15) is 0 Å². The molecule has 0 aliphatic carbocycles. The minimum absolute atomic E-state index is 0.196. The summed E-state index contributed by atoms with van der Waals surface area (Å²) in [5, 5.41) is 12.3. The Kier molecular flexibility index (Phi) is 3.62. The van der Waals surface area contributed by atoms with Crippen molar-refractivity contribution in [2.75, 3.05) is 0 Å². The van der Waals surface area contributed by atoms with Crippen molar-refractivity contribution < 1.29 is 9.97 Å². The molecule has 1 aromatic heterocycles. The molecule has 5 nitrogen and oxygen atoms in total. The quantitative estimate of drug-likeness (QED) is 0.384. The van der Waals surface area contributed by atoms with Crippen molar-refractivity contribution in [3.63, 3.8) is 0 Å². The van der Waals surface area contributed by atoms with Crippen molar-refractivity contribution in [3.8, 4) is 0 Å². The van der Waals surface area contributed by atoms with E-state index >= 15 is 0 Å². The normalized spacial score (nSPS) is 19.8. The summed E-state index contributed by atoms with van der Waals surface area (Å²) in [6.07, 6.45) is 8.91. The molecule has 0 aromatic carbocycles. The molecule has 0 fully saturated rings. The molecule has 2 heterocycles. The minimum atomic E-state index is -0.196. The van der Waals surface area contributed by atoms with Crippen LogP contribution in [0, 0.1) is 4.91 Å². The summed E-state index contributed by atoms with van der Waals surface area (Å²) < 4.78 is 0.918. The van der Waals surface area contributed by atoms with E-state index in [2.05, 4.69) is 10.1 Å². The summed E-state index contributed by atoms with van der Waals surface area (Å²) in [7, 11) is 0. The Morgan fingerprint density at radius 3 is 3.11 bits per heavy atom. The average Bonchev–Trinajstić information content (AvgIpc) is 2.41. The van der Waals surface area contributed by atoms with Crippen molar-refractivity contribution in [1.29, 1.82) is 0 Å². The van der Waals surface area contributed by atoms with E-state index in [0.29, 0.717) is 17.0 Å². The summed E-state index contributed by atoms with van der Waals surface area (Å²) in [6.45, 7) is 1.82. The van der Waals surface area contributed by atoms with Gasteiger partial charge in [0.2, 0.25) is 11.7 Å². The first-order valence-corrected chi connectivity index (χ1v) is 5.67. The molecule has 0 bridgehead atoms. The van der Waals surface area contributed by atoms with Crippen LogP contribution in [0.3, 0.4) is 0 Å². The van der Waals surface area contributed by atoms with Crippen LogP contribution < -0.4 is 0 Å². The Morgan fingerprint density at radius 2 is 2.44 bits per heavy atom. The molecular weight excluding hydrogens is 230 g/mol. The fourth-order valence-corrected chi connectivity index (χ4v) is 1.78. The number of rotatable bonds is 3. The van der Waals surface area contributed by atoms with Gasteiger partial charge in [-0.15, -0.1) is 0 Å². The van der Waals surface area contributed by atoms with Gasteiger partial charge in [0, 0.05) is 40.6 Å². The topological polar surface area (TPSA) is 65.6 Å². The standard InChI is InChI=1S/C13H13N3O2/c1-10-4-2-6-12(16(10)18)8-13(15-17)11-5-3-7-14-9-11/h2-7,9-10H,8H2,1H3/p+1/b15-13-. The molecule has 1 N–H and O–H groups in total. The lowest BCUT2D eigenvalue weighted by Crippen LogP contribution is -2.22. The summed E-state index contributed by atoms with van der Waals surface area (Å²) in [5.41, 5.74) is 1.70. The highest BCUT2D eigenvalue weighted by atomic mass is 16.4. The van der Waals surface area contributed by atoms with Crippen molar-refractivity contribution in [2.24, 2.45) is 5.16 Å².